The maximum absolute atomic E-state index is 14.0. The predicted octanol–water partition coefficient (Wildman–Crippen LogP) is 2.70. The third-order valence-electron chi connectivity index (χ3n) is 2.50. The zero-order valence-corrected chi connectivity index (χ0v) is 10.6. The number of hydrogen-bond acceptors (Lipinski definition) is 6. The largest absolute Gasteiger partial charge is 0.461 e. The molecule has 0 radical (unpaired) electrons. The third-order valence-corrected chi connectivity index (χ3v) is 2.50. The van der Waals surface area contributed by atoms with Crippen molar-refractivity contribution in [2.45, 2.75) is 6.92 Å². The Morgan fingerprint density at radius 2 is 2.19 bits per heavy atom. The van der Waals surface area contributed by atoms with Crippen molar-refractivity contribution >= 4 is 11.7 Å². The van der Waals surface area contributed by atoms with Crippen LogP contribution >= 0.6 is 0 Å². The van der Waals surface area contributed by atoms with Gasteiger partial charge in [-0.2, -0.15) is 4.39 Å². The van der Waals surface area contributed by atoms with Gasteiger partial charge in [-0.3, -0.25) is 10.1 Å². The van der Waals surface area contributed by atoms with E-state index in [1.54, 1.807) is 6.92 Å². The molecule has 0 bridgehead atoms. The van der Waals surface area contributed by atoms with Gasteiger partial charge in [-0.05, 0) is 13.0 Å². The normalized spacial score (nSPS) is 10.4. The molecule has 0 saturated carbocycles. The molecule has 110 valence electrons. The van der Waals surface area contributed by atoms with Gasteiger partial charge >= 0.3 is 11.7 Å². The van der Waals surface area contributed by atoms with Crippen molar-refractivity contribution in [3.05, 3.63) is 46.0 Å². The van der Waals surface area contributed by atoms with Crippen molar-refractivity contribution in [2.24, 2.45) is 0 Å². The summed E-state index contributed by atoms with van der Waals surface area (Å²) in [6, 6.07) is 1.10. The van der Waals surface area contributed by atoms with Gasteiger partial charge in [0.25, 0.3) is 0 Å². The molecule has 2 aromatic rings. The van der Waals surface area contributed by atoms with Crippen molar-refractivity contribution in [2.75, 3.05) is 6.61 Å². The topological polar surface area (TPSA) is 95.5 Å². The van der Waals surface area contributed by atoms with Gasteiger partial charge in [0.1, 0.15) is 5.82 Å². The van der Waals surface area contributed by atoms with Gasteiger partial charge in [-0.25, -0.2) is 14.2 Å². The molecule has 1 aromatic carbocycles. The number of nitrogens with zero attached hydrogens (tertiary/aromatic N) is 2. The molecule has 0 N–H and O–H groups in total. The van der Waals surface area contributed by atoms with E-state index in [9.17, 15) is 23.7 Å². The fourth-order valence-corrected chi connectivity index (χ4v) is 1.66. The van der Waals surface area contributed by atoms with E-state index in [2.05, 4.69) is 9.72 Å². The third kappa shape index (κ3) is 2.71. The Bertz CT molecular complexity index is 714. The highest BCUT2D eigenvalue weighted by atomic mass is 19.1. The molecular weight excluding hydrogens is 290 g/mol. The molecular formula is C12H8F2N2O5. The molecule has 7 nitrogen and oxygen atoms in total. The number of carbonyl (C=O) groups is 1. The number of nitro benzene ring substituents is 1. The summed E-state index contributed by atoms with van der Waals surface area (Å²) in [5.74, 6) is -3.73. The molecule has 0 aliphatic heterocycles. The Balaban J connectivity index is 2.61. The summed E-state index contributed by atoms with van der Waals surface area (Å²) in [6.07, 6.45) is 0.831. The van der Waals surface area contributed by atoms with E-state index in [-0.39, 0.29) is 6.61 Å². The summed E-state index contributed by atoms with van der Waals surface area (Å²) in [5, 5.41) is 10.7. The monoisotopic (exact) mass is 298 g/mol. The molecule has 0 unspecified atom stereocenters. The number of halogens is 2. The van der Waals surface area contributed by atoms with Crippen molar-refractivity contribution in [1.29, 1.82) is 0 Å². The number of carbonyl (C=O) groups excluding carboxylic acids is 1. The lowest BCUT2D eigenvalue weighted by Crippen LogP contribution is -2.07. The molecule has 1 heterocycles. The molecule has 0 aliphatic carbocycles. The quantitative estimate of drug-likeness (QED) is 0.489. The van der Waals surface area contributed by atoms with Gasteiger partial charge in [-0.15, -0.1) is 0 Å². The average molecular weight is 298 g/mol. The molecule has 9 heteroatoms. The lowest BCUT2D eigenvalue weighted by Gasteiger charge is -2.04. The van der Waals surface area contributed by atoms with Crippen LogP contribution in [-0.4, -0.2) is 22.5 Å². The highest BCUT2D eigenvalue weighted by molar-refractivity contribution is 5.93. The van der Waals surface area contributed by atoms with E-state index in [4.69, 9.17) is 4.42 Å². The number of hydrogen-bond donors (Lipinski definition) is 0. The number of rotatable bonds is 4. The molecule has 1 aromatic heterocycles. The second-order valence-corrected chi connectivity index (χ2v) is 3.79. The second kappa shape index (κ2) is 5.65. The first-order valence-corrected chi connectivity index (χ1v) is 5.70. The number of nitro groups is 1. The second-order valence-electron chi connectivity index (χ2n) is 3.79. The highest BCUT2D eigenvalue weighted by Gasteiger charge is 2.27. The zero-order chi connectivity index (χ0) is 15.6. The van der Waals surface area contributed by atoms with Crippen LogP contribution in [-0.2, 0) is 4.74 Å². The van der Waals surface area contributed by atoms with Crippen molar-refractivity contribution < 1.29 is 27.7 Å². The Morgan fingerprint density at radius 3 is 2.81 bits per heavy atom. The molecule has 0 fully saturated rings. The van der Waals surface area contributed by atoms with E-state index >= 15 is 0 Å². The van der Waals surface area contributed by atoms with Gasteiger partial charge in [0.05, 0.1) is 23.2 Å². The van der Waals surface area contributed by atoms with Crippen LogP contribution < -0.4 is 0 Å². The number of esters is 1. The van der Waals surface area contributed by atoms with Crippen LogP contribution in [0.5, 0.6) is 0 Å². The smallest absolute Gasteiger partial charge is 0.360 e. The SMILES string of the molecule is CCOC(=O)c1ncoc1-c1cc(F)cc([N+](=O)[O-])c1F. The summed E-state index contributed by atoms with van der Waals surface area (Å²) in [7, 11) is 0. The minimum absolute atomic E-state index is 0.0386. The molecule has 0 spiro atoms. The van der Waals surface area contributed by atoms with Crippen LogP contribution in [0.25, 0.3) is 11.3 Å². The maximum Gasteiger partial charge on any atom is 0.360 e. The summed E-state index contributed by atoms with van der Waals surface area (Å²) in [5.41, 5.74) is -2.05. The van der Waals surface area contributed by atoms with Gasteiger partial charge in [-0.1, -0.05) is 0 Å². The summed E-state index contributed by atoms with van der Waals surface area (Å²) >= 11 is 0. The van der Waals surface area contributed by atoms with Crippen LogP contribution in [0.15, 0.2) is 22.9 Å². The van der Waals surface area contributed by atoms with Gasteiger partial charge < -0.3 is 9.15 Å². The minimum Gasteiger partial charge on any atom is -0.461 e. The molecule has 21 heavy (non-hydrogen) atoms. The van der Waals surface area contributed by atoms with Crippen LogP contribution in [0.1, 0.15) is 17.4 Å². The molecule has 2 rings (SSSR count). The van der Waals surface area contributed by atoms with Crippen molar-refractivity contribution in [3.8, 4) is 11.3 Å². The van der Waals surface area contributed by atoms with Crippen LogP contribution in [0, 0.1) is 21.7 Å². The number of benzene rings is 1. The standard InChI is InChI=1S/C12H8F2N2O5/c1-2-20-12(17)10-11(21-5-15-10)7-3-6(13)4-8(9(7)14)16(18)19/h3-5H,2H2,1H3. The molecule has 0 amide bonds. The van der Waals surface area contributed by atoms with E-state index in [0.717, 1.165) is 6.39 Å². The van der Waals surface area contributed by atoms with Gasteiger partial charge in [0, 0.05) is 0 Å². The van der Waals surface area contributed by atoms with Crippen molar-refractivity contribution in [1.82, 2.24) is 4.98 Å². The highest BCUT2D eigenvalue weighted by Crippen LogP contribution is 2.32. The first kappa shape index (κ1) is 14.6. The Morgan fingerprint density at radius 1 is 1.48 bits per heavy atom. The lowest BCUT2D eigenvalue weighted by atomic mass is 10.1. The van der Waals surface area contributed by atoms with Crippen molar-refractivity contribution in [3.63, 3.8) is 0 Å². The first-order chi connectivity index (χ1) is 9.95. The maximum atomic E-state index is 14.0. The summed E-state index contributed by atoms with van der Waals surface area (Å²) < 4.78 is 37.0. The van der Waals surface area contributed by atoms with Crippen LogP contribution in [0.2, 0.25) is 0 Å². The van der Waals surface area contributed by atoms with Gasteiger partial charge in [0.2, 0.25) is 5.82 Å². The van der Waals surface area contributed by atoms with E-state index in [0.29, 0.717) is 12.1 Å². The summed E-state index contributed by atoms with van der Waals surface area (Å²) in [4.78, 5) is 24.8. The average Bonchev–Trinajstić information content (AvgIpc) is 2.90. The molecule has 0 atom stereocenters. The van der Waals surface area contributed by atoms with Gasteiger partial charge in [0.15, 0.2) is 17.8 Å². The Hall–Kier alpha value is -2.84. The van der Waals surface area contributed by atoms with Crippen LogP contribution in [0.4, 0.5) is 14.5 Å². The van der Waals surface area contributed by atoms with E-state index < -0.39 is 45.2 Å². The number of ether oxygens (including phenoxy) is 1. The lowest BCUT2D eigenvalue weighted by molar-refractivity contribution is -0.387. The number of aromatic nitrogens is 1. The Labute approximate surface area is 116 Å². The fourth-order valence-electron chi connectivity index (χ4n) is 1.66. The Kier molecular flexibility index (Phi) is 3.92. The summed E-state index contributed by atoms with van der Waals surface area (Å²) in [6.45, 7) is 1.59. The molecule has 0 aliphatic rings. The molecule has 0 saturated heterocycles. The van der Waals surface area contributed by atoms with Crippen LogP contribution in [0.3, 0.4) is 0 Å². The minimum atomic E-state index is -1.33. The van der Waals surface area contributed by atoms with E-state index in [1.165, 1.54) is 0 Å². The number of oxazole rings is 1. The zero-order valence-electron chi connectivity index (χ0n) is 10.6. The fraction of sp³-hybridized carbons (Fsp3) is 0.167. The predicted molar refractivity (Wildman–Crippen MR) is 64.5 cm³/mol. The first-order valence-electron chi connectivity index (χ1n) is 5.70. The van der Waals surface area contributed by atoms with E-state index in [1.807, 2.05) is 0 Å².